The summed E-state index contributed by atoms with van der Waals surface area (Å²) in [5, 5.41) is 11.2. The second-order valence-corrected chi connectivity index (χ2v) is 21.5. The first-order valence-electron chi connectivity index (χ1n) is 29.8. The van der Waals surface area contributed by atoms with Crippen molar-refractivity contribution in [3.05, 3.63) is 0 Å². The maximum atomic E-state index is 13.6. The molecule has 0 spiro atoms. The van der Waals surface area contributed by atoms with Crippen molar-refractivity contribution in [2.75, 3.05) is 13.2 Å². The Morgan fingerprint density at radius 3 is 0.754 bits per heavy atom. The van der Waals surface area contributed by atoms with Crippen LogP contribution >= 0.6 is 0 Å². The van der Waals surface area contributed by atoms with E-state index in [2.05, 4.69) is 41.5 Å². The molecule has 388 valence electrons. The lowest BCUT2D eigenvalue weighted by Crippen LogP contribution is -2.34. The van der Waals surface area contributed by atoms with Crippen LogP contribution in [-0.4, -0.2) is 36.4 Å². The number of hydrogen-bond acceptors (Lipinski definition) is 5. The Hall–Kier alpha value is -1.10. The van der Waals surface area contributed by atoms with E-state index in [9.17, 15) is 14.7 Å². The van der Waals surface area contributed by atoms with Gasteiger partial charge in [0.15, 0.2) is 6.10 Å². The highest BCUT2D eigenvalue weighted by Gasteiger charge is 2.34. The fourth-order valence-corrected chi connectivity index (χ4v) is 10.4. The molecule has 0 heterocycles. The van der Waals surface area contributed by atoms with Gasteiger partial charge in [0, 0.05) is 10.8 Å². The number of rotatable bonds is 53. The van der Waals surface area contributed by atoms with Gasteiger partial charge in [-0.2, -0.15) is 0 Å². The van der Waals surface area contributed by atoms with Crippen molar-refractivity contribution in [2.45, 2.75) is 349 Å². The third kappa shape index (κ3) is 39.4. The first-order valence-corrected chi connectivity index (χ1v) is 29.8. The molecule has 0 saturated heterocycles. The van der Waals surface area contributed by atoms with E-state index in [1.54, 1.807) is 0 Å². The Morgan fingerprint density at radius 2 is 0.523 bits per heavy atom. The van der Waals surface area contributed by atoms with E-state index in [-0.39, 0.29) is 17.3 Å². The lowest BCUT2D eigenvalue weighted by molar-refractivity contribution is -0.164. The Balaban J connectivity index is 5.87. The van der Waals surface area contributed by atoms with Crippen LogP contribution in [-0.2, 0) is 19.1 Å². The van der Waals surface area contributed by atoms with Gasteiger partial charge in [0.1, 0.15) is 0 Å². The largest absolute Gasteiger partial charge is 0.465 e. The highest BCUT2D eigenvalue weighted by Crippen LogP contribution is 2.40. The minimum atomic E-state index is -1.48. The molecule has 0 aliphatic rings. The van der Waals surface area contributed by atoms with Crippen molar-refractivity contribution in [1.29, 1.82) is 0 Å². The van der Waals surface area contributed by atoms with Crippen LogP contribution in [0.15, 0.2) is 0 Å². The van der Waals surface area contributed by atoms with Crippen molar-refractivity contribution in [3.63, 3.8) is 0 Å². The molecule has 0 aliphatic heterocycles. The van der Waals surface area contributed by atoms with Gasteiger partial charge in [-0.15, -0.1) is 0 Å². The molecule has 0 radical (unpaired) electrons. The molecule has 5 nitrogen and oxygen atoms in total. The molecule has 0 fully saturated rings. The first-order chi connectivity index (χ1) is 31.8. The van der Waals surface area contributed by atoms with E-state index in [0.717, 1.165) is 38.5 Å². The Morgan fingerprint density at radius 1 is 0.323 bits per heavy atom. The topological polar surface area (TPSA) is 72.8 Å². The van der Waals surface area contributed by atoms with Gasteiger partial charge in [-0.05, 0) is 38.5 Å². The Labute approximate surface area is 408 Å². The van der Waals surface area contributed by atoms with E-state index in [1.165, 1.54) is 257 Å². The van der Waals surface area contributed by atoms with Gasteiger partial charge in [0.05, 0.1) is 19.6 Å². The van der Waals surface area contributed by atoms with Gasteiger partial charge in [0.2, 0.25) is 0 Å². The molecule has 1 unspecified atom stereocenters. The maximum absolute atomic E-state index is 13.6. The van der Waals surface area contributed by atoms with Crippen LogP contribution in [0.5, 0.6) is 0 Å². The lowest BCUT2D eigenvalue weighted by Gasteiger charge is -2.35. The van der Waals surface area contributed by atoms with Gasteiger partial charge in [-0.3, -0.25) is 4.79 Å². The van der Waals surface area contributed by atoms with Crippen molar-refractivity contribution >= 4 is 11.9 Å². The fraction of sp³-hybridized carbons (Fsp3) is 0.967. The van der Waals surface area contributed by atoms with Gasteiger partial charge >= 0.3 is 11.9 Å². The molecular weight excluding hydrogens is 801 g/mol. The molecular formula is C60H118O5. The summed E-state index contributed by atoms with van der Waals surface area (Å²) in [6.45, 7) is 14.4. The normalized spacial score (nSPS) is 12.5. The summed E-state index contributed by atoms with van der Waals surface area (Å²) >= 11 is 0. The monoisotopic (exact) mass is 919 g/mol. The average Bonchev–Trinajstić information content (AvgIpc) is 3.31. The van der Waals surface area contributed by atoms with Crippen molar-refractivity contribution in [3.8, 4) is 0 Å². The summed E-state index contributed by atoms with van der Waals surface area (Å²) in [5.74, 6) is -1.09. The van der Waals surface area contributed by atoms with Crippen LogP contribution < -0.4 is 0 Å². The van der Waals surface area contributed by atoms with E-state index < -0.39 is 18.0 Å². The lowest BCUT2D eigenvalue weighted by atomic mass is 9.74. The van der Waals surface area contributed by atoms with Crippen LogP contribution in [0.4, 0.5) is 0 Å². The van der Waals surface area contributed by atoms with E-state index >= 15 is 0 Å². The summed E-state index contributed by atoms with van der Waals surface area (Å²) in [7, 11) is 0. The summed E-state index contributed by atoms with van der Waals surface area (Å²) in [4.78, 5) is 27.2. The molecule has 0 bridgehead atoms. The number of hydrogen-bond donors (Lipinski definition) is 1. The molecule has 5 heteroatoms. The highest BCUT2D eigenvalue weighted by atomic mass is 16.6. The quantitative estimate of drug-likeness (QED) is 0.0486. The molecule has 1 atom stereocenters. The number of carbonyl (C=O) groups excluding carboxylic acids is 2. The van der Waals surface area contributed by atoms with Crippen LogP contribution in [0, 0.1) is 10.8 Å². The SMILES string of the molecule is CCCCCCCCCCC(CCCCCCCC)(CCCCCCCC)COC(=O)CC(O)C(=O)OCC(CCCCCCCC)(CCCCCCCC)CCCCCCCCCC. The summed E-state index contributed by atoms with van der Waals surface area (Å²) in [6, 6.07) is 0. The zero-order valence-corrected chi connectivity index (χ0v) is 45.3. The van der Waals surface area contributed by atoms with Gasteiger partial charge in [-0.1, -0.05) is 298 Å². The summed E-state index contributed by atoms with van der Waals surface area (Å²) < 4.78 is 12.3. The highest BCUT2D eigenvalue weighted by molar-refractivity contribution is 5.81. The third-order valence-corrected chi connectivity index (χ3v) is 15.1. The number of carbonyl (C=O) groups is 2. The minimum Gasteiger partial charge on any atom is -0.465 e. The molecule has 65 heavy (non-hydrogen) atoms. The first kappa shape index (κ1) is 63.9. The van der Waals surface area contributed by atoms with Gasteiger partial charge in [-0.25, -0.2) is 4.79 Å². The molecule has 0 amide bonds. The standard InChI is InChI=1S/C60H118O5/c1-7-13-19-25-31-33-39-45-49-59(47-41-35-27-21-15-9-3,48-42-36-28-22-16-10-4)54-64-57(62)53-56(61)58(63)65-55-60(50-43-37-29-23-17-11-5,51-44-38-30-24-18-12-6)52-46-40-34-32-26-20-14-8-2/h56,61H,7-55H2,1-6H3. The van der Waals surface area contributed by atoms with Gasteiger partial charge < -0.3 is 14.6 Å². The zero-order valence-electron chi connectivity index (χ0n) is 45.3. The van der Waals surface area contributed by atoms with Gasteiger partial charge in [0.25, 0.3) is 0 Å². The second-order valence-electron chi connectivity index (χ2n) is 21.5. The number of unbranched alkanes of at least 4 members (excludes halogenated alkanes) is 34. The molecule has 0 aliphatic carbocycles. The number of aliphatic hydroxyl groups is 1. The molecule has 1 N–H and O–H groups in total. The molecule has 0 rings (SSSR count). The third-order valence-electron chi connectivity index (χ3n) is 15.1. The summed E-state index contributed by atoms with van der Waals surface area (Å²) in [6.07, 6.45) is 55.6. The fourth-order valence-electron chi connectivity index (χ4n) is 10.4. The van der Waals surface area contributed by atoms with Crippen LogP contribution in [0.25, 0.3) is 0 Å². The van der Waals surface area contributed by atoms with Crippen molar-refractivity contribution in [2.24, 2.45) is 10.8 Å². The van der Waals surface area contributed by atoms with Crippen molar-refractivity contribution < 1.29 is 24.2 Å². The predicted octanol–water partition coefficient (Wildman–Crippen LogP) is 19.9. The van der Waals surface area contributed by atoms with Crippen LogP contribution in [0.3, 0.4) is 0 Å². The molecule has 0 aromatic carbocycles. The molecule has 0 saturated carbocycles. The van der Waals surface area contributed by atoms with E-state index in [4.69, 9.17) is 9.47 Å². The molecule has 0 aromatic heterocycles. The number of ether oxygens (including phenoxy) is 2. The predicted molar refractivity (Wildman–Crippen MR) is 284 cm³/mol. The Kier molecular flexibility index (Phi) is 47.1. The maximum Gasteiger partial charge on any atom is 0.335 e. The smallest absolute Gasteiger partial charge is 0.335 e. The van der Waals surface area contributed by atoms with E-state index in [0.29, 0.717) is 13.2 Å². The zero-order chi connectivity index (χ0) is 47.8. The van der Waals surface area contributed by atoms with Crippen LogP contribution in [0.1, 0.15) is 343 Å². The Bertz CT molecular complexity index is 962. The minimum absolute atomic E-state index is 0.0268. The second kappa shape index (κ2) is 47.9. The average molecular weight is 920 g/mol. The molecule has 0 aromatic rings. The number of aliphatic hydroxyl groups excluding tert-OH is 1. The summed E-state index contributed by atoms with van der Waals surface area (Å²) in [5.41, 5.74) is -0.0865. The van der Waals surface area contributed by atoms with Crippen molar-refractivity contribution in [1.82, 2.24) is 0 Å². The van der Waals surface area contributed by atoms with Crippen LogP contribution in [0.2, 0.25) is 0 Å². The van der Waals surface area contributed by atoms with E-state index in [1.807, 2.05) is 0 Å². The number of esters is 2.